The summed E-state index contributed by atoms with van der Waals surface area (Å²) < 4.78 is 5.47. The molecule has 0 atom stereocenters. The van der Waals surface area contributed by atoms with E-state index in [4.69, 9.17) is 10.3 Å². The molecule has 0 radical (unpaired) electrons. The Morgan fingerprint density at radius 2 is 1.90 bits per heavy atom. The van der Waals surface area contributed by atoms with Gasteiger partial charge in [-0.25, -0.2) is 0 Å². The van der Waals surface area contributed by atoms with Gasteiger partial charge < -0.3 is 10.3 Å². The van der Waals surface area contributed by atoms with E-state index in [1.807, 2.05) is 36.0 Å². The molecular formula is C16H23N3OS. The lowest BCUT2D eigenvalue weighted by atomic mass is 9.84. The fourth-order valence-corrected chi connectivity index (χ4v) is 2.86. The Morgan fingerprint density at radius 1 is 1.24 bits per heavy atom. The standard InChI is InChI=1S/C16H23N3OS/c1-11(2)9-21-10-14-18-15(20-19-14)16(3,4)12-5-7-13(17)8-6-12/h5-8,11H,9-10,17H2,1-4H3. The van der Waals surface area contributed by atoms with Crippen LogP contribution in [0.5, 0.6) is 0 Å². The van der Waals surface area contributed by atoms with Gasteiger partial charge in [0.05, 0.1) is 11.2 Å². The van der Waals surface area contributed by atoms with Crippen molar-refractivity contribution in [3.8, 4) is 0 Å². The van der Waals surface area contributed by atoms with E-state index < -0.39 is 0 Å². The van der Waals surface area contributed by atoms with Crippen molar-refractivity contribution in [1.82, 2.24) is 10.1 Å². The van der Waals surface area contributed by atoms with Gasteiger partial charge in [0.1, 0.15) is 0 Å². The molecule has 5 heteroatoms. The Labute approximate surface area is 130 Å². The molecule has 0 saturated carbocycles. The molecule has 0 bridgehead atoms. The van der Waals surface area contributed by atoms with Crippen LogP contribution in [0.4, 0.5) is 5.69 Å². The minimum atomic E-state index is -0.318. The van der Waals surface area contributed by atoms with E-state index in [0.717, 1.165) is 28.6 Å². The van der Waals surface area contributed by atoms with Crippen molar-refractivity contribution >= 4 is 17.4 Å². The minimum absolute atomic E-state index is 0.318. The highest BCUT2D eigenvalue weighted by Gasteiger charge is 2.29. The van der Waals surface area contributed by atoms with Crippen LogP contribution in [-0.2, 0) is 11.2 Å². The van der Waals surface area contributed by atoms with E-state index >= 15 is 0 Å². The second-order valence-electron chi connectivity index (χ2n) is 6.17. The number of nitrogens with two attached hydrogens (primary N) is 1. The number of benzene rings is 1. The first-order valence-corrected chi connectivity index (χ1v) is 8.32. The van der Waals surface area contributed by atoms with E-state index in [2.05, 4.69) is 37.8 Å². The molecule has 2 rings (SSSR count). The maximum atomic E-state index is 5.74. The highest BCUT2D eigenvalue weighted by atomic mass is 32.2. The zero-order valence-corrected chi connectivity index (χ0v) is 13.9. The van der Waals surface area contributed by atoms with Crippen LogP contribution in [0.15, 0.2) is 28.8 Å². The SMILES string of the molecule is CC(C)CSCc1noc(C(C)(C)c2ccc(N)cc2)n1. The van der Waals surface area contributed by atoms with Crippen LogP contribution in [0.25, 0.3) is 0 Å². The predicted octanol–water partition coefficient (Wildman–Crippen LogP) is 3.87. The number of anilines is 1. The first-order valence-electron chi connectivity index (χ1n) is 7.16. The Balaban J connectivity index is 2.10. The van der Waals surface area contributed by atoms with E-state index in [9.17, 15) is 0 Å². The molecule has 2 aromatic rings. The number of nitrogens with zero attached hydrogens (tertiary/aromatic N) is 2. The van der Waals surface area contributed by atoms with Gasteiger partial charge in [-0.15, -0.1) is 0 Å². The summed E-state index contributed by atoms with van der Waals surface area (Å²) in [6.07, 6.45) is 0. The molecule has 0 aliphatic carbocycles. The summed E-state index contributed by atoms with van der Waals surface area (Å²) in [7, 11) is 0. The molecule has 0 fully saturated rings. The van der Waals surface area contributed by atoms with Gasteiger partial charge in [0.2, 0.25) is 5.89 Å². The van der Waals surface area contributed by atoms with Crippen molar-refractivity contribution in [2.24, 2.45) is 5.92 Å². The Hall–Kier alpha value is -1.49. The van der Waals surface area contributed by atoms with Gasteiger partial charge in [-0.3, -0.25) is 0 Å². The molecule has 1 heterocycles. The fourth-order valence-electron chi connectivity index (χ4n) is 1.98. The molecule has 0 saturated heterocycles. The van der Waals surface area contributed by atoms with E-state index in [0.29, 0.717) is 11.8 Å². The molecule has 0 aliphatic rings. The van der Waals surface area contributed by atoms with Crippen molar-refractivity contribution < 1.29 is 4.52 Å². The average molecular weight is 305 g/mol. The van der Waals surface area contributed by atoms with Crippen LogP contribution >= 0.6 is 11.8 Å². The van der Waals surface area contributed by atoms with Gasteiger partial charge in [0, 0.05) is 5.69 Å². The number of thioether (sulfide) groups is 1. The normalized spacial score (nSPS) is 12.0. The Bertz CT molecular complexity index is 575. The maximum Gasteiger partial charge on any atom is 0.236 e. The van der Waals surface area contributed by atoms with Crippen LogP contribution in [0.1, 0.15) is 45.0 Å². The summed E-state index contributed by atoms with van der Waals surface area (Å²) in [5.74, 6) is 3.98. The molecule has 1 aromatic carbocycles. The minimum Gasteiger partial charge on any atom is -0.399 e. The largest absolute Gasteiger partial charge is 0.399 e. The lowest BCUT2D eigenvalue weighted by Crippen LogP contribution is -2.19. The number of hydrogen-bond acceptors (Lipinski definition) is 5. The van der Waals surface area contributed by atoms with E-state index in [1.54, 1.807) is 0 Å². The highest BCUT2D eigenvalue weighted by molar-refractivity contribution is 7.98. The summed E-state index contributed by atoms with van der Waals surface area (Å²) in [6.45, 7) is 8.58. The van der Waals surface area contributed by atoms with Gasteiger partial charge in [0.25, 0.3) is 0 Å². The zero-order chi connectivity index (χ0) is 15.5. The van der Waals surface area contributed by atoms with Gasteiger partial charge in [-0.05, 0) is 43.2 Å². The molecule has 0 amide bonds. The third-order valence-electron chi connectivity index (χ3n) is 3.32. The lowest BCUT2D eigenvalue weighted by Gasteiger charge is -2.20. The number of hydrogen-bond donors (Lipinski definition) is 1. The second kappa shape index (κ2) is 6.52. The van der Waals surface area contributed by atoms with Gasteiger partial charge in [0.15, 0.2) is 5.82 Å². The van der Waals surface area contributed by atoms with E-state index in [-0.39, 0.29) is 5.41 Å². The van der Waals surface area contributed by atoms with Crippen molar-refractivity contribution in [2.45, 2.75) is 38.9 Å². The zero-order valence-electron chi connectivity index (χ0n) is 13.1. The second-order valence-corrected chi connectivity index (χ2v) is 7.20. The average Bonchev–Trinajstić information content (AvgIpc) is 2.88. The summed E-state index contributed by atoms with van der Waals surface area (Å²) in [5.41, 5.74) is 7.29. The Morgan fingerprint density at radius 3 is 2.52 bits per heavy atom. The summed E-state index contributed by atoms with van der Waals surface area (Å²) in [6, 6.07) is 7.80. The number of rotatable bonds is 6. The van der Waals surface area contributed by atoms with Gasteiger partial charge in [-0.2, -0.15) is 16.7 Å². The fraction of sp³-hybridized carbons (Fsp3) is 0.500. The molecule has 21 heavy (non-hydrogen) atoms. The van der Waals surface area contributed by atoms with Gasteiger partial charge >= 0.3 is 0 Å². The predicted molar refractivity (Wildman–Crippen MR) is 88.3 cm³/mol. The number of nitrogen functional groups attached to an aromatic ring is 1. The molecular weight excluding hydrogens is 282 g/mol. The van der Waals surface area contributed by atoms with Crippen LogP contribution in [0.2, 0.25) is 0 Å². The highest BCUT2D eigenvalue weighted by Crippen LogP contribution is 2.31. The molecule has 4 nitrogen and oxygen atoms in total. The van der Waals surface area contributed by atoms with Crippen LogP contribution in [0, 0.1) is 5.92 Å². The molecule has 0 aliphatic heterocycles. The van der Waals surface area contributed by atoms with Crippen molar-refractivity contribution in [3.05, 3.63) is 41.5 Å². The first kappa shape index (κ1) is 15.9. The smallest absolute Gasteiger partial charge is 0.236 e. The van der Waals surface area contributed by atoms with Crippen molar-refractivity contribution in [2.75, 3.05) is 11.5 Å². The monoisotopic (exact) mass is 305 g/mol. The molecule has 2 N–H and O–H groups in total. The summed E-state index contributed by atoms with van der Waals surface area (Å²) in [4.78, 5) is 4.55. The molecule has 1 aromatic heterocycles. The van der Waals surface area contributed by atoms with Crippen LogP contribution in [0.3, 0.4) is 0 Å². The first-order chi connectivity index (χ1) is 9.89. The van der Waals surface area contributed by atoms with Crippen LogP contribution in [-0.4, -0.2) is 15.9 Å². The number of aromatic nitrogens is 2. The quantitative estimate of drug-likeness (QED) is 0.821. The lowest BCUT2D eigenvalue weighted by molar-refractivity contribution is 0.330. The summed E-state index contributed by atoms with van der Waals surface area (Å²) in [5, 5.41) is 4.09. The Kier molecular flexibility index (Phi) is 4.93. The van der Waals surface area contributed by atoms with Crippen molar-refractivity contribution in [1.29, 1.82) is 0 Å². The molecule has 0 unspecified atom stereocenters. The van der Waals surface area contributed by atoms with Crippen LogP contribution < -0.4 is 5.73 Å². The molecule has 0 spiro atoms. The van der Waals surface area contributed by atoms with E-state index in [1.165, 1.54) is 0 Å². The summed E-state index contributed by atoms with van der Waals surface area (Å²) >= 11 is 1.83. The third-order valence-corrected chi connectivity index (χ3v) is 4.68. The molecule has 114 valence electrons. The third kappa shape index (κ3) is 4.00. The van der Waals surface area contributed by atoms with Crippen molar-refractivity contribution in [3.63, 3.8) is 0 Å². The maximum absolute atomic E-state index is 5.74. The topological polar surface area (TPSA) is 64.9 Å². The van der Waals surface area contributed by atoms with Gasteiger partial charge in [-0.1, -0.05) is 31.1 Å².